The fourth-order valence-corrected chi connectivity index (χ4v) is 2.12. The lowest BCUT2D eigenvalue weighted by Crippen LogP contribution is -1.86. The molecular weight excluding hydrogens is 220 g/mol. The van der Waals surface area contributed by atoms with E-state index < -0.39 is 0 Å². The Bertz CT molecular complexity index is 500. The van der Waals surface area contributed by atoms with Gasteiger partial charge in [-0.1, -0.05) is 17.8 Å². The van der Waals surface area contributed by atoms with Crippen molar-refractivity contribution in [2.45, 2.75) is 16.8 Å². The van der Waals surface area contributed by atoms with Crippen LogP contribution in [0.4, 0.5) is 0 Å². The van der Waals surface area contributed by atoms with Crippen LogP contribution >= 0.6 is 11.8 Å². The lowest BCUT2D eigenvalue weighted by molar-refractivity contribution is 0.112. The third-order valence-corrected chi connectivity index (χ3v) is 3.23. The van der Waals surface area contributed by atoms with Crippen LogP contribution in [-0.4, -0.2) is 16.3 Å². The second-order valence-corrected chi connectivity index (χ2v) is 4.35. The van der Waals surface area contributed by atoms with E-state index in [1.165, 1.54) is 6.33 Å². The van der Waals surface area contributed by atoms with E-state index in [-0.39, 0.29) is 0 Å². The van der Waals surface area contributed by atoms with Crippen molar-refractivity contribution in [2.75, 3.05) is 0 Å². The van der Waals surface area contributed by atoms with Gasteiger partial charge in [-0.15, -0.1) is 0 Å². The van der Waals surface area contributed by atoms with Gasteiger partial charge >= 0.3 is 0 Å². The molecule has 0 spiro atoms. The molecule has 0 saturated heterocycles. The summed E-state index contributed by atoms with van der Waals surface area (Å²) >= 11 is 1.57. The molecule has 0 N–H and O–H groups in total. The topological polar surface area (TPSA) is 42.9 Å². The fraction of sp³-hybridized carbons (Fsp3) is 0.0833. The molecular formula is C12H10N2OS. The zero-order chi connectivity index (χ0) is 11.4. The van der Waals surface area contributed by atoms with Gasteiger partial charge in [-0.3, -0.25) is 4.79 Å². The van der Waals surface area contributed by atoms with Gasteiger partial charge in [0.05, 0.1) is 0 Å². The Morgan fingerprint density at radius 2 is 2.19 bits per heavy atom. The number of aldehydes is 1. The van der Waals surface area contributed by atoms with E-state index in [0.717, 1.165) is 21.8 Å². The molecule has 16 heavy (non-hydrogen) atoms. The van der Waals surface area contributed by atoms with Crippen molar-refractivity contribution in [1.82, 2.24) is 9.97 Å². The van der Waals surface area contributed by atoms with Crippen LogP contribution in [0.15, 0.2) is 46.7 Å². The summed E-state index contributed by atoms with van der Waals surface area (Å²) in [7, 11) is 0. The highest BCUT2D eigenvalue weighted by Gasteiger charge is 2.02. The maximum Gasteiger partial charge on any atom is 0.150 e. The van der Waals surface area contributed by atoms with Gasteiger partial charge < -0.3 is 0 Å². The van der Waals surface area contributed by atoms with Crippen LogP contribution in [-0.2, 0) is 0 Å². The highest BCUT2D eigenvalue weighted by Crippen LogP contribution is 2.28. The average Bonchev–Trinajstić information content (AvgIpc) is 2.33. The second kappa shape index (κ2) is 4.90. The Balaban J connectivity index is 2.25. The minimum atomic E-state index is 0.699. The van der Waals surface area contributed by atoms with Crippen molar-refractivity contribution in [1.29, 1.82) is 0 Å². The third kappa shape index (κ3) is 2.46. The van der Waals surface area contributed by atoms with Crippen LogP contribution in [0.3, 0.4) is 0 Å². The number of carbonyl (C=O) groups is 1. The Kier molecular flexibility index (Phi) is 3.31. The quantitative estimate of drug-likeness (QED) is 0.600. The van der Waals surface area contributed by atoms with Crippen LogP contribution in [0.5, 0.6) is 0 Å². The summed E-state index contributed by atoms with van der Waals surface area (Å²) in [6.45, 7) is 1.98. The van der Waals surface area contributed by atoms with Crippen molar-refractivity contribution in [3.05, 3.63) is 47.9 Å². The van der Waals surface area contributed by atoms with Crippen molar-refractivity contribution in [3.63, 3.8) is 0 Å². The Morgan fingerprint density at radius 3 is 2.81 bits per heavy atom. The minimum absolute atomic E-state index is 0.699. The molecule has 0 saturated carbocycles. The first kappa shape index (κ1) is 10.8. The number of nitrogens with zero attached hydrogens (tertiary/aromatic N) is 2. The third-order valence-electron chi connectivity index (χ3n) is 2.10. The average molecular weight is 230 g/mol. The van der Waals surface area contributed by atoms with Gasteiger partial charge in [0, 0.05) is 16.7 Å². The monoisotopic (exact) mass is 230 g/mol. The summed E-state index contributed by atoms with van der Waals surface area (Å²) in [6, 6.07) is 7.48. The second-order valence-electron chi connectivity index (χ2n) is 3.29. The first-order valence-corrected chi connectivity index (χ1v) is 5.61. The molecule has 0 bridgehead atoms. The van der Waals surface area contributed by atoms with Gasteiger partial charge in [0.15, 0.2) is 0 Å². The Morgan fingerprint density at radius 1 is 1.31 bits per heavy atom. The van der Waals surface area contributed by atoms with E-state index in [0.29, 0.717) is 5.56 Å². The smallest absolute Gasteiger partial charge is 0.150 e. The van der Waals surface area contributed by atoms with Crippen LogP contribution in [0.2, 0.25) is 0 Å². The number of aryl methyl sites for hydroxylation is 1. The first-order chi connectivity index (χ1) is 7.79. The Hall–Kier alpha value is -1.68. The van der Waals surface area contributed by atoms with Crippen LogP contribution < -0.4 is 0 Å². The predicted molar refractivity (Wildman–Crippen MR) is 62.7 cm³/mol. The summed E-state index contributed by atoms with van der Waals surface area (Å²) in [4.78, 5) is 19.7. The van der Waals surface area contributed by atoms with Crippen LogP contribution in [0.25, 0.3) is 0 Å². The van der Waals surface area contributed by atoms with Crippen LogP contribution in [0.1, 0.15) is 15.9 Å². The van der Waals surface area contributed by atoms with Gasteiger partial charge in [0.2, 0.25) is 0 Å². The predicted octanol–water partition coefficient (Wildman–Crippen LogP) is 2.75. The summed E-state index contributed by atoms with van der Waals surface area (Å²) < 4.78 is 0. The molecule has 0 radical (unpaired) electrons. The SMILES string of the molecule is Cc1cc(C=O)ccc1Sc1ccncn1. The molecule has 0 aliphatic heterocycles. The van der Waals surface area contributed by atoms with Crippen LogP contribution in [0, 0.1) is 6.92 Å². The highest BCUT2D eigenvalue weighted by molar-refractivity contribution is 7.99. The van der Waals surface area contributed by atoms with Gasteiger partial charge in [0.25, 0.3) is 0 Å². The Labute approximate surface area is 97.9 Å². The molecule has 1 heterocycles. The molecule has 0 aliphatic carbocycles. The highest BCUT2D eigenvalue weighted by atomic mass is 32.2. The van der Waals surface area contributed by atoms with Gasteiger partial charge in [-0.25, -0.2) is 9.97 Å². The van der Waals surface area contributed by atoms with E-state index in [1.807, 2.05) is 31.2 Å². The molecule has 0 fully saturated rings. The zero-order valence-corrected chi connectivity index (χ0v) is 9.57. The molecule has 2 rings (SSSR count). The van der Waals surface area contributed by atoms with Crippen molar-refractivity contribution < 1.29 is 4.79 Å². The number of aromatic nitrogens is 2. The maximum atomic E-state index is 10.6. The molecule has 0 amide bonds. The standard InChI is InChI=1S/C12H10N2OS/c1-9-6-10(7-15)2-3-11(9)16-12-4-5-13-8-14-12/h2-8H,1H3. The molecule has 1 aromatic carbocycles. The van der Waals surface area contributed by atoms with E-state index in [9.17, 15) is 4.79 Å². The number of carbonyl (C=O) groups excluding carboxylic acids is 1. The largest absolute Gasteiger partial charge is 0.298 e. The number of hydrogen-bond acceptors (Lipinski definition) is 4. The molecule has 0 unspecified atom stereocenters. The summed E-state index contributed by atoms with van der Waals surface area (Å²) in [5.41, 5.74) is 1.78. The lowest BCUT2D eigenvalue weighted by atomic mass is 10.2. The summed E-state index contributed by atoms with van der Waals surface area (Å²) in [5.74, 6) is 0. The van der Waals surface area contributed by atoms with Crippen molar-refractivity contribution >= 4 is 18.0 Å². The maximum absolute atomic E-state index is 10.6. The molecule has 2 aromatic rings. The normalized spacial score (nSPS) is 10.1. The molecule has 1 aromatic heterocycles. The first-order valence-electron chi connectivity index (χ1n) is 4.79. The van der Waals surface area contributed by atoms with E-state index in [1.54, 1.807) is 18.0 Å². The molecule has 4 heteroatoms. The summed E-state index contributed by atoms with van der Waals surface area (Å²) in [5, 5.41) is 0.900. The van der Waals surface area contributed by atoms with E-state index in [2.05, 4.69) is 9.97 Å². The van der Waals surface area contributed by atoms with Gasteiger partial charge in [0.1, 0.15) is 17.6 Å². The van der Waals surface area contributed by atoms with Crippen molar-refractivity contribution in [3.8, 4) is 0 Å². The lowest BCUT2D eigenvalue weighted by Gasteiger charge is -2.04. The molecule has 0 atom stereocenters. The number of benzene rings is 1. The molecule has 3 nitrogen and oxygen atoms in total. The van der Waals surface area contributed by atoms with Crippen molar-refractivity contribution in [2.24, 2.45) is 0 Å². The zero-order valence-electron chi connectivity index (χ0n) is 8.75. The number of rotatable bonds is 3. The molecule has 80 valence electrons. The van der Waals surface area contributed by atoms with E-state index in [4.69, 9.17) is 0 Å². The summed E-state index contributed by atoms with van der Waals surface area (Å²) in [6.07, 6.45) is 4.09. The fourth-order valence-electron chi connectivity index (χ4n) is 1.31. The van der Waals surface area contributed by atoms with Gasteiger partial charge in [-0.2, -0.15) is 0 Å². The molecule has 0 aliphatic rings. The van der Waals surface area contributed by atoms with E-state index >= 15 is 0 Å². The number of hydrogen-bond donors (Lipinski definition) is 0. The minimum Gasteiger partial charge on any atom is -0.298 e. The van der Waals surface area contributed by atoms with Gasteiger partial charge in [-0.05, 0) is 30.7 Å².